The van der Waals surface area contributed by atoms with Crippen molar-refractivity contribution < 1.29 is 14.3 Å². The van der Waals surface area contributed by atoms with Gasteiger partial charge in [-0.3, -0.25) is 9.59 Å². The van der Waals surface area contributed by atoms with E-state index in [1.165, 1.54) is 6.92 Å². The molecule has 0 bridgehead atoms. The molecule has 0 fully saturated rings. The van der Waals surface area contributed by atoms with Crippen molar-refractivity contribution >= 4 is 11.9 Å². The van der Waals surface area contributed by atoms with Crippen LogP contribution in [0.15, 0.2) is 30.3 Å². The third-order valence-corrected chi connectivity index (χ3v) is 2.52. The van der Waals surface area contributed by atoms with Crippen molar-refractivity contribution in [1.29, 1.82) is 0 Å². The third-order valence-electron chi connectivity index (χ3n) is 2.52. The maximum absolute atomic E-state index is 11.3. The molecule has 1 rings (SSSR count). The lowest BCUT2D eigenvalue weighted by Gasteiger charge is -2.17. The quantitative estimate of drug-likeness (QED) is 0.786. The average molecular weight is 249 g/mol. The van der Waals surface area contributed by atoms with E-state index in [1.807, 2.05) is 30.3 Å². The van der Waals surface area contributed by atoms with Gasteiger partial charge < -0.3 is 10.1 Å². The molecule has 0 aromatic heterocycles. The minimum Gasteiger partial charge on any atom is -0.466 e. The Kier molecular flexibility index (Phi) is 5.91. The minimum atomic E-state index is -0.233. The topological polar surface area (TPSA) is 55.4 Å². The largest absolute Gasteiger partial charge is 0.466 e. The number of ether oxygens (including phenoxy) is 1. The van der Waals surface area contributed by atoms with Crippen molar-refractivity contribution in [3.8, 4) is 0 Å². The van der Waals surface area contributed by atoms with Crippen molar-refractivity contribution in [3.05, 3.63) is 35.9 Å². The summed E-state index contributed by atoms with van der Waals surface area (Å²) < 4.78 is 4.88. The molecule has 0 aliphatic carbocycles. The summed E-state index contributed by atoms with van der Waals surface area (Å²) in [5.74, 6) is -0.337. The van der Waals surface area contributed by atoms with Gasteiger partial charge in [0.25, 0.3) is 0 Å². The molecule has 4 nitrogen and oxygen atoms in total. The smallest absolute Gasteiger partial charge is 0.305 e. The first-order valence-corrected chi connectivity index (χ1v) is 6.11. The molecule has 1 amide bonds. The molecule has 0 saturated carbocycles. The van der Waals surface area contributed by atoms with Crippen LogP contribution in [0.3, 0.4) is 0 Å². The van der Waals surface area contributed by atoms with Gasteiger partial charge in [-0.1, -0.05) is 30.3 Å². The number of amides is 1. The fraction of sp³-hybridized carbons (Fsp3) is 0.429. The molecular weight excluding hydrogens is 230 g/mol. The Hall–Kier alpha value is -1.84. The van der Waals surface area contributed by atoms with Crippen LogP contribution in [-0.4, -0.2) is 18.5 Å². The lowest BCUT2D eigenvalue weighted by molar-refractivity contribution is -0.143. The second-order valence-corrected chi connectivity index (χ2v) is 4.01. The minimum absolute atomic E-state index is 0.104. The van der Waals surface area contributed by atoms with Crippen molar-refractivity contribution in [3.63, 3.8) is 0 Å². The van der Waals surface area contributed by atoms with E-state index in [-0.39, 0.29) is 17.9 Å². The number of benzene rings is 1. The predicted octanol–water partition coefficient (Wildman–Crippen LogP) is 2.21. The van der Waals surface area contributed by atoms with Gasteiger partial charge in [0.1, 0.15) is 0 Å². The van der Waals surface area contributed by atoms with E-state index in [0.29, 0.717) is 19.4 Å². The number of esters is 1. The number of rotatable bonds is 6. The number of hydrogen-bond acceptors (Lipinski definition) is 3. The molecule has 1 unspecified atom stereocenters. The molecular formula is C14H19NO3. The summed E-state index contributed by atoms with van der Waals surface area (Å²) in [5, 5.41) is 2.85. The van der Waals surface area contributed by atoms with Crippen molar-refractivity contribution in [2.45, 2.75) is 32.7 Å². The lowest BCUT2D eigenvalue weighted by atomic mass is 10.0. The van der Waals surface area contributed by atoms with E-state index in [2.05, 4.69) is 5.32 Å². The predicted molar refractivity (Wildman–Crippen MR) is 68.9 cm³/mol. The SMILES string of the molecule is CCOC(=O)CCC(NC(C)=O)c1ccccc1. The van der Waals surface area contributed by atoms with E-state index in [9.17, 15) is 9.59 Å². The van der Waals surface area contributed by atoms with Gasteiger partial charge in [-0.05, 0) is 18.9 Å². The van der Waals surface area contributed by atoms with Gasteiger partial charge >= 0.3 is 5.97 Å². The highest BCUT2D eigenvalue weighted by molar-refractivity contribution is 5.74. The van der Waals surface area contributed by atoms with Gasteiger partial charge in [0, 0.05) is 13.3 Å². The Morgan fingerprint density at radius 3 is 2.50 bits per heavy atom. The maximum atomic E-state index is 11.3. The van der Waals surface area contributed by atoms with Crippen LogP contribution in [0.1, 0.15) is 38.3 Å². The Morgan fingerprint density at radius 1 is 1.28 bits per heavy atom. The molecule has 4 heteroatoms. The van der Waals surface area contributed by atoms with Gasteiger partial charge in [0.2, 0.25) is 5.91 Å². The molecule has 18 heavy (non-hydrogen) atoms. The van der Waals surface area contributed by atoms with Crippen LogP contribution in [0, 0.1) is 0 Å². The fourth-order valence-corrected chi connectivity index (χ4v) is 1.75. The molecule has 0 radical (unpaired) electrons. The Bertz CT molecular complexity index is 389. The first kappa shape index (κ1) is 14.2. The number of carbonyl (C=O) groups excluding carboxylic acids is 2. The van der Waals surface area contributed by atoms with Crippen molar-refractivity contribution in [2.24, 2.45) is 0 Å². The van der Waals surface area contributed by atoms with Crippen LogP contribution >= 0.6 is 0 Å². The zero-order valence-electron chi connectivity index (χ0n) is 10.8. The van der Waals surface area contributed by atoms with Gasteiger partial charge in [0.05, 0.1) is 12.6 Å². The summed E-state index contributed by atoms with van der Waals surface area (Å²) in [6, 6.07) is 9.47. The average Bonchev–Trinajstić information content (AvgIpc) is 2.35. The second-order valence-electron chi connectivity index (χ2n) is 4.01. The molecule has 0 saturated heterocycles. The van der Waals surface area contributed by atoms with Crippen LogP contribution in [0.25, 0.3) is 0 Å². The molecule has 1 aromatic rings. The fourth-order valence-electron chi connectivity index (χ4n) is 1.75. The molecule has 1 N–H and O–H groups in total. The van der Waals surface area contributed by atoms with E-state index >= 15 is 0 Å². The standard InChI is InChI=1S/C14H19NO3/c1-3-18-14(17)10-9-13(15-11(2)16)12-7-5-4-6-8-12/h4-8,13H,3,9-10H2,1-2H3,(H,15,16). The first-order chi connectivity index (χ1) is 8.63. The van der Waals surface area contributed by atoms with Gasteiger partial charge in [-0.15, -0.1) is 0 Å². The molecule has 1 atom stereocenters. The molecule has 0 heterocycles. The number of nitrogens with one attached hydrogen (secondary N) is 1. The first-order valence-electron chi connectivity index (χ1n) is 6.11. The van der Waals surface area contributed by atoms with E-state index in [4.69, 9.17) is 4.74 Å². The molecule has 0 aliphatic rings. The summed E-state index contributed by atoms with van der Waals surface area (Å²) in [6.07, 6.45) is 0.843. The van der Waals surface area contributed by atoms with Crippen LogP contribution in [-0.2, 0) is 14.3 Å². The summed E-state index contributed by atoms with van der Waals surface area (Å²) >= 11 is 0. The van der Waals surface area contributed by atoms with E-state index in [0.717, 1.165) is 5.56 Å². The molecule has 0 aliphatic heterocycles. The summed E-state index contributed by atoms with van der Waals surface area (Å²) in [5.41, 5.74) is 0.997. The Balaban J connectivity index is 2.62. The van der Waals surface area contributed by atoms with E-state index < -0.39 is 0 Å². The molecule has 98 valence electrons. The highest BCUT2D eigenvalue weighted by atomic mass is 16.5. The van der Waals surface area contributed by atoms with Crippen molar-refractivity contribution in [1.82, 2.24) is 5.32 Å². The number of carbonyl (C=O) groups is 2. The van der Waals surface area contributed by atoms with Gasteiger partial charge in [-0.25, -0.2) is 0 Å². The second kappa shape index (κ2) is 7.48. The summed E-state index contributed by atoms with van der Waals surface area (Å²) in [4.78, 5) is 22.5. The lowest BCUT2D eigenvalue weighted by Crippen LogP contribution is -2.26. The summed E-state index contributed by atoms with van der Waals surface area (Å²) in [7, 11) is 0. The van der Waals surface area contributed by atoms with Crippen LogP contribution in [0.5, 0.6) is 0 Å². The zero-order valence-corrected chi connectivity index (χ0v) is 10.8. The van der Waals surface area contributed by atoms with Crippen LogP contribution in [0.4, 0.5) is 0 Å². The van der Waals surface area contributed by atoms with Gasteiger partial charge in [-0.2, -0.15) is 0 Å². The summed E-state index contributed by atoms with van der Waals surface area (Å²) in [6.45, 7) is 3.63. The molecule has 1 aromatic carbocycles. The highest BCUT2D eigenvalue weighted by Crippen LogP contribution is 2.18. The number of hydrogen-bond donors (Lipinski definition) is 1. The monoisotopic (exact) mass is 249 g/mol. The Labute approximate surface area is 107 Å². The van der Waals surface area contributed by atoms with Gasteiger partial charge in [0.15, 0.2) is 0 Å². The van der Waals surface area contributed by atoms with Crippen molar-refractivity contribution in [2.75, 3.05) is 6.61 Å². The zero-order chi connectivity index (χ0) is 13.4. The highest BCUT2D eigenvalue weighted by Gasteiger charge is 2.14. The van der Waals surface area contributed by atoms with Crippen LogP contribution in [0.2, 0.25) is 0 Å². The normalized spacial score (nSPS) is 11.7. The third kappa shape index (κ3) is 4.99. The van der Waals surface area contributed by atoms with E-state index in [1.54, 1.807) is 6.92 Å². The van der Waals surface area contributed by atoms with Crippen LogP contribution < -0.4 is 5.32 Å². The maximum Gasteiger partial charge on any atom is 0.305 e. The molecule has 0 spiro atoms. The Morgan fingerprint density at radius 2 is 1.94 bits per heavy atom.